The average molecular weight is 381 g/mol. The van der Waals surface area contributed by atoms with Crippen LogP contribution >= 0.6 is 27.3 Å². The monoisotopic (exact) mass is 380 g/mol. The number of halogens is 1. The fourth-order valence-corrected chi connectivity index (χ4v) is 4.01. The van der Waals surface area contributed by atoms with E-state index in [9.17, 15) is 4.79 Å². The Kier molecular flexibility index (Phi) is 4.35. The maximum Gasteiger partial charge on any atom is 0.268 e. The lowest BCUT2D eigenvalue weighted by Gasteiger charge is -2.15. The third kappa shape index (κ3) is 3.10. The van der Waals surface area contributed by atoms with Gasteiger partial charge in [-0.15, -0.1) is 11.3 Å². The highest BCUT2D eigenvalue weighted by Crippen LogP contribution is 2.29. The molecule has 0 aliphatic carbocycles. The van der Waals surface area contributed by atoms with Gasteiger partial charge in [-0.25, -0.2) is 4.98 Å². The van der Waals surface area contributed by atoms with Crippen molar-refractivity contribution in [2.45, 2.75) is 32.9 Å². The number of imidazole rings is 1. The first-order valence-corrected chi connectivity index (χ1v) is 8.76. The molecule has 7 heteroatoms. The molecule has 0 aromatic carbocycles. The fourth-order valence-electron chi connectivity index (χ4n) is 2.48. The van der Waals surface area contributed by atoms with Gasteiger partial charge >= 0.3 is 0 Å². The third-order valence-electron chi connectivity index (χ3n) is 3.49. The van der Waals surface area contributed by atoms with E-state index in [4.69, 9.17) is 0 Å². The molecule has 0 aliphatic heterocycles. The Morgan fingerprint density at radius 2 is 2.36 bits per heavy atom. The summed E-state index contributed by atoms with van der Waals surface area (Å²) in [6.45, 7) is 4.79. The number of fused-ring (bicyclic) bond motifs is 1. The molecule has 0 saturated carbocycles. The predicted molar refractivity (Wildman–Crippen MR) is 92.4 cm³/mol. The second-order valence-electron chi connectivity index (χ2n) is 5.24. The number of aromatic amines is 1. The summed E-state index contributed by atoms with van der Waals surface area (Å²) in [5.41, 5.74) is 1.58. The molecule has 1 atom stereocenters. The molecule has 0 bridgehead atoms. The van der Waals surface area contributed by atoms with Crippen molar-refractivity contribution in [1.82, 2.24) is 19.9 Å². The molecule has 0 radical (unpaired) electrons. The van der Waals surface area contributed by atoms with Crippen molar-refractivity contribution in [3.8, 4) is 0 Å². The average Bonchev–Trinajstić information content (AvgIpc) is 3.12. The zero-order valence-electron chi connectivity index (χ0n) is 12.4. The highest BCUT2D eigenvalue weighted by Gasteiger charge is 2.14. The summed E-state index contributed by atoms with van der Waals surface area (Å²) < 4.78 is 4.21. The molecular formula is C15H17BrN4OS. The SMILES string of the molecule is CCc1nccn1CC(C)NC(=O)c1cc2sc(Br)cc2[nH]1. The van der Waals surface area contributed by atoms with E-state index < -0.39 is 0 Å². The zero-order chi connectivity index (χ0) is 15.7. The maximum absolute atomic E-state index is 12.3. The van der Waals surface area contributed by atoms with Crippen molar-refractivity contribution in [2.75, 3.05) is 0 Å². The Balaban J connectivity index is 1.66. The number of hydrogen-bond donors (Lipinski definition) is 2. The highest BCUT2D eigenvalue weighted by atomic mass is 79.9. The van der Waals surface area contributed by atoms with Gasteiger partial charge in [-0.2, -0.15) is 0 Å². The van der Waals surface area contributed by atoms with Crippen molar-refractivity contribution >= 4 is 43.4 Å². The number of thiophene rings is 1. The van der Waals surface area contributed by atoms with Crippen molar-refractivity contribution < 1.29 is 4.79 Å². The number of amides is 1. The summed E-state index contributed by atoms with van der Waals surface area (Å²) in [7, 11) is 0. The number of aryl methyl sites for hydroxylation is 1. The van der Waals surface area contributed by atoms with Gasteiger partial charge in [-0.1, -0.05) is 6.92 Å². The molecule has 3 rings (SSSR count). The number of nitrogens with one attached hydrogen (secondary N) is 2. The summed E-state index contributed by atoms with van der Waals surface area (Å²) in [4.78, 5) is 19.8. The lowest BCUT2D eigenvalue weighted by molar-refractivity contribution is 0.0932. The quantitative estimate of drug-likeness (QED) is 0.710. The summed E-state index contributed by atoms with van der Waals surface area (Å²) >= 11 is 5.05. The second-order valence-corrected chi connectivity index (χ2v) is 7.70. The molecule has 1 unspecified atom stereocenters. The molecule has 0 fully saturated rings. The van der Waals surface area contributed by atoms with E-state index in [0.717, 1.165) is 32.8 Å². The first-order valence-electron chi connectivity index (χ1n) is 7.15. The van der Waals surface area contributed by atoms with E-state index in [-0.39, 0.29) is 11.9 Å². The Morgan fingerprint density at radius 3 is 3.09 bits per heavy atom. The van der Waals surface area contributed by atoms with E-state index in [2.05, 4.69) is 42.7 Å². The van der Waals surface area contributed by atoms with Gasteiger partial charge in [-0.05, 0) is 35.0 Å². The maximum atomic E-state index is 12.3. The van der Waals surface area contributed by atoms with Crippen molar-refractivity contribution in [3.05, 3.63) is 39.8 Å². The van der Waals surface area contributed by atoms with Gasteiger partial charge in [0.2, 0.25) is 0 Å². The van der Waals surface area contributed by atoms with Gasteiger partial charge < -0.3 is 14.9 Å². The van der Waals surface area contributed by atoms with Crippen molar-refractivity contribution in [1.29, 1.82) is 0 Å². The van der Waals surface area contributed by atoms with Crippen LogP contribution in [0.5, 0.6) is 0 Å². The first-order chi connectivity index (χ1) is 10.6. The number of hydrogen-bond acceptors (Lipinski definition) is 3. The van der Waals surface area contributed by atoms with E-state index in [0.29, 0.717) is 5.69 Å². The third-order valence-corrected chi connectivity index (χ3v) is 5.07. The van der Waals surface area contributed by atoms with Crippen LogP contribution in [0.3, 0.4) is 0 Å². The molecule has 3 aromatic rings. The molecule has 116 valence electrons. The normalized spacial score (nSPS) is 12.7. The Labute approximate surface area is 140 Å². The summed E-state index contributed by atoms with van der Waals surface area (Å²) in [5, 5.41) is 3.03. The van der Waals surface area contributed by atoms with Gasteiger partial charge in [0.1, 0.15) is 11.5 Å². The van der Waals surface area contributed by atoms with Crippen LogP contribution < -0.4 is 5.32 Å². The lowest BCUT2D eigenvalue weighted by Crippen LogP contribution is -2.36. The smallest absolute Gasteiger partial charge is 0.268 e. The largest absolute Gasteiger partial charge is 0.350 e. The molecule has 0 aliphatic rings. The van der Waals surface area contributed by atoms with E-state index in [1.807, 2.05) is 25.3 Å². The number of nitrogens with zero attached hydrogens (tertiary/aromatic N) is 2. The van der Waals surface area contributed by atoms with Gasteiger partial charge in [0.25, 0.3) is 5.91 Å². The van der Waals surface area contributed by atoms with Crippen LogP contribution in [0, 0.1) is 0 Å². The van der Waals surface area contributed by atoms with Crippen LogP contribution in [0.2, 0.25) is 0 Å². The number of carbonyl (C=O) groups is 1. The number of carbonyl (C=O) groups excluding carboxylic acids is 1. The summed E-state index contributed by atoms with van der Waals surface area (Å²) in [5.74, 6) is 0.955. The lowest BCUT2D eigenvalue weighted by atomic mass is 10.3. The van der Waals surface area contributed by atoms with Crippen LogP contribution in [0.25, 0.3) is 10.2 Å². The zero-order valence-corrected chi connectivity index (χ0v) is 14.8. The summed E-state index contributed by atoms with van der Waals surface area (Å²) in [6.07, 6.45) is 4.63. The Bertz CT molecular complexity index is 772. The molecule has 22 heavy (non-hydrogen) atoms. The van der Waals surface area contributed by atoms with Crippen molar-refractivity contribution in [2.24, 2.45) is 0 Å². The topological polar surface area (TPSA) is 62.7 Å². The fraction of sp³-hybridized carbons (Fsp3) is 0.333. The molecule has 1 amide bonds. The molecular weight excluding hydrogens is 364 g/mol. The number of rotatable bonds is 5. The van der Waals surface area contributed by atoms with Crippen LogP contribution in [0.4, 0.5) is 0 Å². The molecule has 3 aromatic heterocycles. The summed E-state index contributed by atoms with van der Waals surface area (Å²) in [6, 6.07) is 3.90. The Morgan fingerprint density at radius 1 is 1.55 bits per heavy atom. The number of H-pyrrole nitrogens is 1. The van der Waals surface area contributed by atoms with Crippen LogP contribution in [0.1, 0.15) is 30.2 Å². The van der Waals surface area contributed by atoms with Crippen LogP contribution in [0.15, 0.2) is 28.3 Å². The van der Waals surface area contributed by atoms with E-state index in [1.165, 1.54) is 0 Å². The Hall–Kier alpha value is -1.60. The minimum absolute atomic E-state index is 0.0278. The van der Waals surface area contributed by atoms with E-state index >= 15 is 0 Å². The van der Waals surface area contributed by atoms with Crippen molar-refractivity contribution in [3.63, 3.8) is 0 Å². The minimum atomic E-state index is -0.0785. The standard InChI is InChI=1S/C15H17BrN4OS/c1-3-14-17-4-5-20(14)8-9(2)18-15(21)11-6-12-10(19-11)7-13(16)22-12/h4-7,9,19H,3,8H2,1-2H3,(H,18,21). The number of aromatic nitrogens is 3. The second kappa shape index (κ2) is 6.26. The van der Waals surface area contributed by atoms with Crippen LogP contribution in [-0.4, -0.2) is 26.5 Å². The first kappa shape index (κ1) is 15.3. The van der Waals surface area contributed by atoms with Gasteiger partial charge in [-0.3, -0.25) is 4.79 Å². The molecule has 0 saturated heterocycles. The minimum Gasteiger partial charge on any atom is -0.350 e. The predicted octanol–water partition coefficient (Wildman–Crippen LogP) is 3.57. The molecule has 3 heterocycles. The molecule has 0 spiro atoms. The van der Waals surface area contributed by atoms with Gasteiger partial charge in [0.15, 0.2) is 0 Å². The van der Waals surface area contributed by atoms with Gasteiger partial charge in [0.05, 0.1) is 14.0 Å². The highest BCUT2D eigenvalue weighted by molar-refractivity contribution is 9.11. The van der Waals surface area contributed by atoms with Crippen LogP contribution in [-0.2, 0) is 13.0 Å². The van der Waals surface area contributed by atoms with Gasteiger partial charge in [0, 0.05) is 31.4 Å². The molecule has 5 nitrogen and oxygen atoms in total. The molecule has 2 N–H and O–H groups in total. The van der Waals surface area contributed by atoms with E-state index in [1.54, 1.807) is 17.5 Å².